The van der Waals surface area contributed by atoms with E-state index < -0.39 is 69.8 Å². The minimum absolute atomic E-state index is 0.0249. The second-order valence-corrected chi connectivity index (χ2v) is 30.0. The van der Waals surface area contributed by atoms with Crippen LogP contribution in [0.15, 0.2) is 72.8 Å². The number of alkyl halides is 6. The third kappa shape index (κ3) is 14.7. The van der Waals surface area contributed by atoms with Crippen molar-refractivity contribution in [2.24, 2.45) is 51.8 Å². The van der Waals surface area contributed by atoms with Crippen molar-refractivity contribution in [1.82, 2.24) is 0 Å². The van der Waals surface area contributed by atoms with Crippen molar-refractivity contribution in [2.75, 3.05) is 19.8 Å². The maximum Gasteiger partial charge on any atom is 0.415 e. The average Bonchev–Trinajstić information content (AvgIpc) is 1.25. The van der Waals surface area contributed by atoms with Crippen LogP contribution < -0.4 is 15.8 Å². The Morgan fingerprint density at radius 1 is 0.448 bits per heavy atom. The Kier molecular flexibility index (Phi) is 20.2. The molecular formula is C63H75F6O15S3-3. The number of hydrogen-bond acceptors (Lipinski definition) is 18. The lowest BCUT2D eigenvalue weighted by Gasteiger charge is -2.62. The fraction of sp³-hybridized carbons (Fsp3) is 0.667. The van der Waals surface area contributed by atoms with E-state index in [1.807, 2.05) is 0 Å². The molecular weight excluding hydrogens is 1210 g/mol. The average molecular weight is 1280 g/mol. The number of carbonyl (C=O) groups is 3. The smallest absolute Gasteiger partial charge is 0.415 e. The Labute approximate surface area is 515 Å². The van der Waals surface area contributed by atoms with Gasteiger partial charge in [-0.05, 0) is 215 Å². The van der Waals surface area contributed by atoms with E-state index in [2.05, 4.69) is 122 Å². The summed E-state index contributed by atoms with van der Waals surface area (Å²) in [7, 11) is 0. The number of hydrogen-bond donors (Lipinski definition) is 0. The van der Waals surface area contributed by atoms with Gasteiger partial charge in [0.2, 0.25) is 0 Å². The first-order valence-electron chi connectivity index (χ1n) is 30.2. The number of ether oxygens (including phenoxy) is 3. The molecule has 480 valence electrons. The van der Waals surface area contributed by atoms with E-state index in [1.54, 1.807) is 0 Å². The molecule has 15 nitrogen and oxygen atoms in total. The van der Waals surface area contributed by atoms with E-state index in [0.717, 1.165) is 116 Å². The number of carbonyl (C=O) groups excluding carboxylic acids is 3. The van der Waals surface area contributed by atoms with Crippen LogP contribution in [0.25, 0.3) is 0 Å². The molecule has 3 aromatic rings. The van der Waals surface area contributed by atoms with Crippen molar-refractivity contribution in [3.63, 3.8) is 0 Å². The molecule has 0 aromatic heterocycles. The van der Waals surface area contributed by atoms with Gasteiger partial charge < -0.3 is 30.0 Å². The lowest BCUT2D eigenvalue weighted by Crippen LogP contribution is -2.55. The zero-order valence-corrected chi connectivity index (χ0v) is 51.4. The molecule has 0 saturated heterocycles. The zero-order valence-electron chi connectivity index (χ0n) is 49.0. The van der Waals surface area contributed by atoms with E-state index in [9.17, 15) is 56.5 Å². The van der Waals surface area contributed by atoms with Gasteiger partial charge in [-0.15, -0.1) is 0 Å². The zero-order chi connectivity index (χ0) is 62.1. The van der Waals surface area contributed by atoms with Crippen LogP contribution in [0.5, 0.6) is 0 Å². The third-order valence-electron chi connectivity index (χ3n) is 21.0. The van der Waals surface area contributed by atoms with Crippen LogP contribution in [0.1, 0.15) is 169 Å². The largest absolute Gasteiger partial charge is 0.691 e. The lowest BCUT2D eigenvalue weighted by molar-refractivity contribution is -0.777. The third-order valence-corrected chi connectivity index (χ3v) is 22.5. The van der Waals surface area contributed by atoms with Gasteiger partial charge in [0.25, 0.3) is 0 Å². The quantitative estimate of drug-likeness (QED) is 0.0204. The minimum Gasteiger partial charge on any atom is -0.691 e. The fourth-order valence-corrected chi connectivity index (χ4v) is 20.1. The van der Waals surface area contributed by atoms with Crippen molar-refractivity contribution in [3.8, 4) is 0 Å². The molecule has 0 heterocycles. The predicted octanol–water partition coefficient (Wildman–Crippen LogP) is 12.4. The molecule has 0 amide bonds. The molecule has 12 saturated carbocycles. The number of halogens is 6. The van der Waals surface area contributed by atoms with E-state index >= 15 is 0 Å². The first-order chi connectivity index (χ1) is 41.4. The highest BCUT2D eigenvalue weighted by atomic mass is 32.2. The van der Waals surface area contributed by atoms with E-state index in [-0.39, 0.29) is 52.3 Å². The number of aryl methyl sites for hydroxylation is 3. The van der Waals surface area contributed by atoms with Gasteiger partial charge in [0, 0.05) is 16.2 Å². The number of rotatable bonds is 24. The summed E-state index contributed by atoms with van der Waals surface area (Å²) in [5.74, 6) is -1.88. The van der Waals surface area contributed by atoms with Crippen LogP contribution in [0.3, 0.4) is 0 Å². The molecule has 12 bridgehead atoms. The van der Waals surface area contributed by atoms with Crippen LogP contribution in [0.4, 0.5) is 26.3 Å². The molecule has 12 fully saturated rings. The standard InChI is InChI=1S/C22H28F2O5S.C21H26F2O5S.C20H24F2O5S/c1-2-3-15-4-6-18(7-5-15)21-11-16-8-17(12-21)10-20(9-16,13-21)14-27-19(25)22(23,24)30-29-28-26;1-2-14-3-5-17(6-4-14)20-10-15-7-16(11-20)9-19(8-15,12-20)13-26-18(24)21(22,23)29-28-27-25;1-13-2-4-16(5-3-13)19-9-14-6-15(10-19)8-18(7-14,11-19)12-25-17(23)20(21,22)28-27-26-24/h4-7,16-17,26H,2-3,8-14H2,1H3;3-6,15-16,25H,2,7-13H2,1H3;2-5,14-15,24H,6-12H2,1H3/p-3. The van der Waals surface area contributed by atoms with E-state index in [1.165, 1.54) is 52.6 Å². The second kappa shape index (κ2) is 26.5. The normalized spacial score (nSPS) is 33.1. The van der Waals surface area contributed by atoms with Crippen LogP contribution in [0.2, 0.25) is 0 Å². The number of benzene rings is 3. The predicted molar refractivity (Wildman–Crippen MR) is 301 cm³/mol. The molecule has 87 heavy (non-hydrogen) atoms. The van der Waals surface area contributed by atoms with Gasteiger partial charge in [-0.25, -0.2) is 14.4 Å². The van der Waals surface area contributed by atoms with E-state index in [4.69, 9.17) is 14.2 Å². The molecule has 0 spiro atoms. The highest BCUT2D eigenvalue weighted by Crippen LogP contribution is 2.69. The van der Waals surface area contributed by atoms with Crippen molar-refractivity contribution in [2.45, 2.75) is 188 Å². The van der Waals surface area contributed by atoms with Crippen molar-refractivity contribution >= 4 is 54.0 Å². The maximum atomic E-state index is 13.7. The summed E-state index contributed by atoms with van der Waals surface area (Å²) in [6, 6.07) is 26.3. The van der Waals surface area contributed by atoms with Crippen LogP contribution in [-0.2, 0) is 85.8 Å². The molecule has 0 N–H and O–H groups in total. The SMILES string of the molecule is CCCc1ccc(C23CC4CC(CC(COC(=O)C(F)(F)SOO[O-])(C4)C2)C3)cc1.CCc1ccc(C23CC4CC(CC(COC(=O)C(F)(F)SOO[O-])(C4)C2)C3)cc1.Cc1ccc(C23CC4CC(CC(COC(=O)C(F)(F)SOO[O-])(C4)C2)C3)cc1. The van der Waals surface area contributed by atoms with Gasteiger partial charge in [-0.2, -0.15) is 39.3 Å². The van der Waals surface area contributed by atoms with Crippen molar-refractivity contribution in [1.29, 1.82) is 0 Å². The highest BCUT2D eigenvalue weighted by Gasteiger charge is 2.62. The summed E-state index contributed by atoms with van der Waals surface area (Å²) in [5, 5.41) is 26.1. The van der Waals surface area contributed by atoms with Crippen molar-refractivity contribution in [3.05, 3.63) is 106 Å². The first-order valence-corrected chi connectivity index (χ1v) is 32.4. The molecule has 12 aliphatic rings. The molecule has 3 aromatic carbocycles. The Balaban J connectivity index is 0.000000145. The molecule has 0 radical (unpaired) electrons. The lowest BCUT2D eigenvalue weighted by atomic mass is 9.43. The summed E-state index contributed by atoms with van der Waals surface area (Å²) in [4.78, 5) is 35.6. The minimum atomic E-state index is -3.99. The summed E-state index contributed by atoms with van der Waals surface area (Å²) in [6.07, 6.45) is 21.4. The Bertz CT molecular complexity index is 2830. The molecule has 6 unspecified atom stereocenters. The maximum absolute atomic E-state index is 13.7. The van der Waals surface area contributed by atoms with Crippen molar-refractivity contribution < 1.29 is 98.8 Å². The highest BCUT2D eigenvalue weighted by molar-refractivity contribution is 7.96. The van der Waals surface area contributed by atoms with Gasteiger partial charge in [0.05, 0.1) is 19.8 Å². The summed E-state index contributed by atoms with van der Waals surface area (Å²) < 4.78 is 108. The van der Waals surface area contributed by atoms with Gasteiger partial charge in [-0.1, -0.05) is 98.6 Å². The topological polar surface area (TPSA) is 203 Å². The van der Waals surface area contributed by atoms with Gasteiger partial charge in [-0.3, -0.25) is 15.1 Å². The first kappa shape index (κ1) is 66.3. The fourth-order valence-electron chi connectivity index (χ4n) is 19.4. The van der Waals surface area contributed by atoms with E-state index in [0.29, 0.717) is 35.5 Å². The number of esters is 3. The molecule has 15 rings (SSSR count). The Hall–Kier alpha value is -3.66. The second-order valence-electron chi connectivity index (χ2n) is 27.5. The monoisotopic (exact) mass is 1280 g/mol. The van der Waals surface area contributed by atoms with Crippen LogP contribution in [0, 0.1) is 58.7 Å². The molecule has 24 heteroatoms. The van der Waals surface area contributed by atoms with Crippen LogP contribution in [-0.4, -0.2) is 53.5 Å². The van der Waals surface area contributed by atoms with Gasteiger partial charge in [0.1, 0.15) is 36.1 Å². The summed E-state index contributed by atoms with van der Waals surface area (Å²) in [5.41, 5.74) is 7.13. The summed E-state index contributed by atoms with van der Waals surface area (Å²) >= 11 is -1.92. The van der Waals surface area contributed by atoms with Gasteiger partial charge in [0.15, 0.2) is 0 Å². The Morgan fingerprint density at radius 2 is 0.724 bits per heavy atom. The van der Waals surface area contributed by atoms with Crippen LogP contribution >= 0.6 is 36.1 Å². The molecule has 6 atom stereocenters. The molecule has 0 aliphatic heterocycles. The molecule has 12 aliphatic carbocycles. The Morgan fingerprint density at radius 3 is 0.989 bits per heavy atom. The van der Waals surface area contributed by atoms with Gasteiger partial charge >= 0.3 is 33.7 Å². The summed E-state index contributed by atoms with van der Waals surface area (Å²) in [6.45, 7) is 6.28.